The number of isocyanates is 1. The lowest BCUT2D eigenvalue weighted by atomic mass is 9.95. The molecule has 1 aromatic carbocycles. The maximum Gasteiger partial charge on any atom is 0.235 e. The standard InChI is InChI=1S/C12H15NO/c1-8-5-9(2)12(10(3)6-8)11(4)13-7-14/h5-6,11H,1-4H3. The third-order valence-electron chi connectivity index (χ3n) is 2.40. The monoisotopic (exact) mass is 189 g/mol. The number of carbonyl (C=O) groups excluding carboxylic acids is 1. The van der Waals surface area contributed by atoms with Crippen LogP contribution in [0.15, 0.2) is 17.1 Å². The van der Waals surface area contributed by atoms with Crippen molar-refractivity contribution in [1.29, 1.82) is 0 Å². The van der Waals surface area contributed by atoms with E-state index in [1.165, 1.54) is 16.7 Å². The van der Waals surface area contributed by atoms with Crippen molar-refractivity contribution in [3.8, 4) is 0 Å². The Morgan fingerprint density at radius 3 is 2.14 bits per heavy atom. The quantitative estimate of drug-likeness (QED) is 0.519. The first-order chi connectivity index (χ1) is 6.56. The van der Waals surface area contributed by atoms with Crippen LogP contribution >= 0.6 is 0 Å². The van der Waals surface area contributed by atoms with Crippen molar-refractivity contribution < 1.29 is 4.79 Å². The summed E-state index contributed by atoms with van der Waals surface area (Å²) in [7, 11) is 0. The molecular formula is C12H15NO. The Morgan fingerprint density at radius 2 is 1.71 bits per heavy atom. The van der Waals surface area contributed by atoms with Crippen molar-refractivity contribution >= 4 is 6.08 Å². The first-order valence-electron chi connectivity index (χ1n) is 4.71. The SMILES string of the molecule is Cc1cc(C)c(C(C)N=C=O)c(C)c1. The molecule has 1 rings (SSSR count). The molecule has 74 valence electrons. The molecule has 0 amide bonds. The van der Waals surface area contributed by atoms with Crippen molar-refractivity contribution in [3.05, 3.63) is 34.4 Å². The summed E-state index contributed by atoms with van der Waals surface area (Å²) in [5.41, 5.74) is 4.76. The smallest absolute Gasteiger partial charge is 0.211 e. The fourth-order valence-electron chi connectivity index (χ4n) is 1.99. The molecule has 0 saturated carbocycles. The average molecular weight is 189 g/mol. The minimum absolute atomic E-state index is 0.0897. The molecule has 0 aliphatic rings. The fraction of sp³-hybridized carbons (Fsp3) is 0.417. The highest BCUT2D eigenvalue weighted by molar-refractivity contribution is 5.42. The van der Waals surface area contributed by atoms with Gasteiger partial charge in [-0.15, -0.1) is 0 Å². The second-order valence-corrected chi connectivity index (χ2v) is 3.71. The van der Waals surface area contributed by atoms with Crippen LogP contribution in [-0.2, 0) is 4.79 Å². The lowest BCUT2D eigenvalue weighted by Gasteiger charge is -2.13. The molecule has 0 fully saturated rings. The van der Waals surface area contributed by atoms with Crippen molar-refractivity contribution in [2.45, 2.75) is 33.7 Å². The highest BCUT2D eigenvalue weighted by Gasteiger charge is 2.10. The maximum absolute atomic E-state index is 10.2. The minimum Gasteiger partial charge on any atom is -0.211 e. The number of nitrogens with zero attached hydrogens (tertiary/aromatic N) is 1. The van der Waals surface area contributed by atoms with Crippen LogP contribution in [0.2, 0.25) is 0 Å². The van der Waals surface area contributed by atoms with Crippen LogP contribution in [-0.4, -0.2) is 6.08 Å². The summed E-state index contributed by atoms with van der Waals surface area (Å²) in [5.74, 6) is 0. The van der Waals surface area contributed by atoms with E-state index in [9.17, 15) is 4.79 Å². The van der Waals surface area contributed by atoms with Crippen LogP contribution in [0, 0.1) is 20.8 Å². The van der Waals surface area contributed by atoms with Gasteiger partial charge in [0.2, 0.25) is 6.08 Å². The van der Waals surface area contributed by atoms with Gasteiger partial charge in [-0.25, -0.2) is 4.79 Å². The van der Waals surface area contributed by atoms with Gasteiger partial charge in [0.15, 0.2) is 0 Å². The Bertz CT molecular complexity index is 366. The highest BCUT2D eigenvalue weighted by Crippen LogP contribution is 2.25. The van der Waals surface area contributed by atoms with Crippen LogP contribution in [0.3, 0.4) is 0 Å². The molecule has 1 unspecified atom stereocenters. The number of aryl methyl sites for hydroxylation is 3. The van der Waals surface area contributed by atoms with Gasteiger partial charge >= 0.3 is 0 Å². The first kappa shape index (κ1) is 10.7. The van der Waals surface area contributed by atoms with Gasteiger partial charge in [-0.05, 0) is 44.4 Å². The lowest BCUT2D eigenvalue weighted by Crippen LogP contribution is -1.98. The van der Waals surface area contributed by atoms with E-state index in [1.54, 1.807) is 6.08 Å². The van der Waals surface area contributed by atoms with E-state index >= 15 is 0 Å². The van der Waals surface area contributed by atoms with E-state index in [-0.39, 0.29) is 6.04 Å². The Balaban J connectivity index is 3.26. The molecule has 2 heteroatoms. The van der Waals surface area contributed by atoms with Gasteiger partial charge in [0.25, 0.3) is 0 Å². The molecule has 0 bridgehead atoms. The normalized spacial score (nSPS) is 12.0. The van der Waals surface area contributed by atoms with Crippen molar-refractivity contribution in [2.24, 2.45) is 4.99 Å². The van der Waals surface area contributed by atoms with Gasteiger partial charge in [-0.3, -0.25) is 0 Å². The van der Waals surface area contributed by atoms with E-state index in [2.05, 4.69) is 24.0 Å². The summed E-state index contributed by atoms with van der Waals surface area (Å²) < 4.78 is 0. The molecule has 1 atom stereocenters. The van der Waals surface area contributed by atoms with Crippen molar-refractivity contribution in [2.75, 3.05) is 0 Å². The molecule has 0 N–H and O–H groups in total. The van der Waals surface area contributed by atoms with Crippen LogP contribution < -0.4 is 0 Å². The zero-order valence-electron chi connectivity index (χ0n) is 9.09. The van der Waals surface area contributed by atoms with Crippen LogP contribution in [0.5, 0.6) is 0 Å². The van der Waals surface area contributed by atoms with Gasteiger partial charge < -0.3 is 0 Å². The van der Waals surface area contributed by atoms with Crippen molar-refractivity contribution in [3.63, 3.8) is 0 Å². The number of rotatable bonds is 2. The van der Waals surface area contributed by atoms with Crippen LogP contribution in [0.1, 0.15) is 35.2 Å². The van der Waals surface area contributed by atoms with Gasteiger partial charge in [0.05, 0.1) is 6.04 Å². The predicted octanol–water partition coefficient (Wildman–Crippen LogP) is 3.01. The number of aliphatic imine (C=N–C) groups is 1. The molecular weight excluding hydrogens is 174 g/mol. The summed E-state index contributed by atoms with van der Waals surface area (Å²) in [5, 5.41) is 0. The molecule has 0 radical (unpaired) electrons. The third-order valence-corrected chi connectivity index (χ3v) is 2.40. The molecule has 0 heterocycles. The van der Waals surface area contributed by atoms with Gasteiger partial charge in [0, 0.05) is 0 Å². The lowest BCUT2D eigenvalue weighted by molar-refractivity contribution is 0.559. The largest absolute Gasteiger partial charge is 0.235 e. The molecule has 0 aliphatic carbocycles. The van der Waals surface area contributed by atoms with Gasteiger partial charge in [-0.2, -0.15) is 4.99 Å². The Kier molecular flexibility index (Phi) is 3.21. The fourth-order valence-corrected chi connectivity index (χ4v) is 1.99. The third kappa shape index (κ3) is 2.09. The zero-order chi connectivity index (χ0) is 10.7. The summed E-state index contributed by atoms with van der Waals surface area (Å²) >= 11 is 0. The number of hydrogen-bond donors (Lipinski definition) is 0. The van der Waals surface area contributed by atoms with E-state index < -0.39 is 0 Å². The van der Waals surface area contributed by atoms with Crippen molar-refractivity contribution in [1.82, 2.24) is 0 Å². The van der Waals surface area contributed by atoms with E-state index in [0.717, 1.165) is 5.56 Å². The van der Waals surface area contributed by atoms with Gasteiger partial charge in [-0.1, -0.05) is 17.7 Å². The summed E-state index contributed by atoms with van der Waals surface area (Å²) in [6.45, 7) is 8.07. The van der Waals surface area contributed by atoms with E-state index in [0.29, 0.717) is 0 Å². The first-order valence-corrected chi connectivity index (χ1v) is 4.71. The minimum atomic E-state index is -0.0897. The van der Waals surface area contributed by atoms with Crippen LogP contribution in [0.25, 0.3) is 0 Å². The Morgan fingerprint density at radius 1 is 1.21 bits per heavy atom. The second-order valence-electron chi connectivity index (χ2n) is 3.71. The molecule has 2 nitrogen and oxygen atoms in total. The molecule has 1 aromatic rings. The zero-order valence-corrected chi connectivity index (χ0v) is 9.09. The van der Waals surface area contributed by atoms with Crippen LogP contribution in [0.4, 0.5) is 0 Å². The molecule has 0 spiro atoms. The second kappa shape index (κ2) is 4.21. The maximum atomic E-state index is 10.2. The molecule has 0 saturated heterocycles. The van der Waals surface area contributed by atoms with Gasteiger partial charge in [0.1, 0.15) is 0 Å². The Labute approximate surface area is 84.7 Å². The number of benzene rings is 1. The summed E-state index contributed by atoms with van der Waals surface area (Å²) in [6, 6.07) is 4.13. The van der Waals surface area contributed by atoms with E-state index in [1.807, 2.05) is 20.8 Å². The molecule has 0 aromatic heterocycles. The Hall–Kier alpha value is -1.40. The summed E-state index contributed by atoms with van der Waals surface area (Å²) in [6.07, 6.45) is 1.61. The topological polar surface area (TPSA) is 29.4 Å². The molecule has 14 heavy (non-hydrogen) atoms. The van der Waals surface area contributed by atoms with E-state index in [4.69, 9.17) is 0 Å². The predicted molar refractivity (Wildman–Crippen MR) is 57.2 cm³/mol. The highest BCUT2D eigenvalue weighted by atomic mass is 16.1. The number of hydrogen-bond acceptors (Lipinski definition) is 2. The molecule has 0 aliphatic heterocycles. The summed E-state index contributed by atoms with van der Waals surface area (Å²) in [4.78, 5) is 13.9. The average Bonchev–Trinajstić information content (AvgIpc) is 2.01.